The number of anilines is 1. The first-order valence-corrected chi connectivity index (χ1v) is 2.67. The number of aromatic amines is 1. The number of rotatable bonds is 1. The molecular weight excluding hydrogens is 134 g/mol. The zero-order valence-corrected chi connectivity index (χ0v) is 5.40. The van der Waals surface area contributed by atoms with E-state index in [0.717, 1.165) is 4.90 Å². The molecule has 0 atom stereocenters. The maximum Gasteiger partial charge on any atom is 0.411 e. The molecule has 0 saturated carbocycles. The number of amides is 1. The van der Waals surface area contributed by atoms with Crippen LogP contribution in [-0.2, 0) is 0 Å². The summed E-state index contributed by atoms with van der Waals surface area (Å²) in [4.78, 5) is 11.4. The largest absolute Gasteiger partial charge is 0.465 e. The van der Waals surface area contributed by atoms with Gasteiger partial charge in [0.15, 0.2) is 0 Å². The number of nitrogens with one attached hydrogen (secondary N) is 1. The third-order valence-electron chi connectivity index (χ3n) is 1.16. The number of aromatic nitrogens is 2. The molecule has 1 heterocycles. The van der Waals surface area contributed by atoms with Gasteiger partial charge in [0.1, 0.15) is 0 Å². The summed E-state index contributed by atoms with van der Waals surface area (Å²) in [6, 6.07) is 0. The average molecular weight is 141 g/mol. The fourth-order valence-electron chi connectivity index (χ4n) is 0.538. The zero-order valence-electron chi connectivity index (χ0n) is 5.40. The molecule has 0 radical (unpaired) electrons. The van der Waals surface area contributed by atoms with Crippen LogP contribution in [0.15, 0.2) is 12.4 Å². The first-order valence-electron chi connectivity index (χ1n) is 2.67. The third kappa shape index (κ3) is 1.07. The number of H-pyrrole nitrogens is 1. The highest BCUT2D eigenvalue weighted by Crippen LogP contribution is 2.06. The Morgan fingerprint density at radius 1 is 1.90 bits per heavy atom. The summed E-state index contributed by atoms with van der Waals surface area (Å²) >= 11 is 0. The molecule has 0 aliphatic rings. The molecule has 1 amide bonds. The second-order valence-corrected chi connectivity index (χ2v) is 1.80. The van der Waals surface area contributed by atoms with Gasteiger partial charge in [-0.25, -0.2) is 4.79 Å². The number of carboxylic acid groups (broad SMARTS) is 1. The van der Waals surface area contributed by atoms with E-state index >= 15 is 0 Å². The maximum absolute atomic E-state index is 10.3. The van der Waals surface area contributed by atoms with E-state index in [1.807, 2.05) is 0 Å². The predicted molar refractivity (Wildman–Crippen MR) is 35.0 cm³/mol. The maximum atomic E-state index is 10.3. The average Bonchev–Trinajstić information content (AvgIpc) is 2.36. The van der Waals surface area contributed by atoms with Crippen LogP contribution < -0.4 is 4.90 Å². The van der Waals surface area contributed by atoms with Crippen LogP contribution in [0, 0.1) is 0 Å². The Morgan fingerprint density at radius 2 is 2.60 bits per heavy atom. The van der Waals surface area contributed by atoms with E-state index in [-0.39, 0.29) is 0 Å². The van der Waals surface area contributed by atoms with Gasteiger partial charge in [0.25, 0.3) is 0 Å². The summed E-state index contributed by atoms with van der Waals surface area (Å²) in [5.41, 5.74) is 0.535. The lowest BCUT2D eigenvalue weighted by atomic mass is 10.5. The Bertz CT molecular complexity index is 219. The minimum Gasteiger partial charge on any atom is -0.465 e. The molecular formula is C5H7N3O2. The molecule has 0 fully saturated rings. The van der Waals surface area contributed by atoms with Gasteiger partial charge in [-0.15, -0.1) is 0 Å². The van der Waals surface area contributed by atoms with Crippen LogP contribution in [0.1, 0.15) is 0 Å². The van der Waals surface area contributed by atoms with E-state index in [4.69, 9.17) is 5.11 Å². The normalized spacial score (nSPS) is 9.30. The lowest BCUT2D eigenvalue weighted by Crippen LogP contribution is -2.23. The molecule has 5 nitrogen and oxygen atoms in total. The van der Waals surface area contributed by atoms with E-state index in [1.54, 1.807) is 0 Å². The highest BCUT2D eigenvalue weighted by Gasteiger charge is 2.07. The van der Waals surface area contributed by atoms with Crippen molar-refractivity contribution >= 4 is 11.8 Å². The minimum absolute atomic E-state index is 0.535. The molecule has 1 rings (SSSR count). The van der Waals surface area contributed by atoms with Crippen LogP contribution in [-0.4, -0.2) is 28.4 Å². The summed E-state index contributed by atoms with van der Waals surface area (Å²) < 4.78 is 0. The molecule has 0 aliphatic carbocycles. The summed E-state index contributed by atoms with van der Waals surface area (Å²) in [7, 11) is 1.45. The fourth-order valence-corrected chi connectivity index (χ4v) is 0.538. The molecule has 0 spiro atoms. The van der Waals surface area contributed by atoms with Gasteiger partial charge in [0.2, 0.25) is 0 Å². The molecule has 0 bridgehead atoms. The third-order valence-corrected chi connectivity index (χ3v) is 1.16. The Kier molecular flexibility index (Phi) is 1.57. The summed E-state index contributed by atoms with van der Waals surface area (Å²) in [5.74, 6) is 0. The van der Waals surface area contributed by atoms with Crippen LogP contribution in [0.5, 0.6) is 0 Å². The van der Waals surface area contributed by atoms with E-state index in [0.29, 0.717) is 5.69 Å². The van der Waals surface area contributed by atoms with Gasteiger partial charge >= 0.3 is 6.09 Å². The first kappa shape index (κ1) is 6.60. The van der Waals surface area contributed by atoms with Gasteiger partial charge < -0.3 is 5.11 Å². The van der Waals surface area contributed by atoms with Crippen molar-refractivity contribution in [3.05, 3.63) is 12.4 Å². The second kappa shape index (κ2) is 2.38. The highest BCUT2D eigenvalue weighted by molar-refractivity contribution is 5.84. The monoisotopic (exact) mass is 141 g/mol. The molecule has 1 aromatic rings. The van der Waals surface area contributed by atoms with Gasteiger partial charge in [0, 0.05) is 13.2 Å². The summed E-state index contributed by atoms with van der Waals surface area (Å²) in [6.45, 7) is 0. The summed E-state index contributed by atoms with van der Waals surface area (Å²) in [5, 5.41) is 14.5. The number of hydrogen-bond donors (Lipinski definition) is 2. The van der Waals surface area contributed by atoms with Crippen LogP contribution in [0.3, 0.4) is 0 Å². The van der Waals surface area contributed by atoms with Gasteiger partial charge in [-0.3, -0.25) is 10.00 Å². The standard InChI is InChI=1S/C5H7N3O2/c1-8(5(9)10)4-2-6-7-3-4/h2-3H,1H3,(H,6,7)(H,9,10). The van der Waals surface area contributed by atoms with Gasteiger partial charge in [0.05, 0.1) is 11.9 Å². The second-order valence-electron chi connectivity index (χ2n) is 1.80. The van der Waals surface area contributed by atoms with Crippen LogP contribution in [0.25, 0.3) is 0 Å². The van der Waals surface area contributed by atoms with Crippen molar-refractivity contribution in [2.45, 2.75) is 0 Å². The molecule has 1 aromatic heterocycles. The Hall–Kier alpha value is -1.52. The predicted octanol–water partition coefficient (Wildman–Crippen LogP) is 0.524. The van der Waals surface area contributed by atoms with Crippen LogP contribution >= 0.6 is 0 Å². The van der Waals surface area contributed by atoms with Gasteiger partial charge in [-0.05, 0) is 0 Å². The number of nitrogens with zero attached hydrogens (tertiary/aromatic N) is 2. The SMILES string of the molecule is CN(C(=O)O)c1cn[nH]c1. The Labute approximate surface area is 57.3 Å². The van der Waals surface area contributed by atoms with Gasteiger partial charge in [-0.1, -0.05) is 0 Å². The van der Waals surface area contributed by atoms with Crippen molar-refractivity contribution in [1.82, 2.24) is 10.2 Å². The minimum atomic E-state index is -0.999. The molecule has 54 valence electrons. The van der Waals surface area contributed by atoms with E-state index in [2.05, 4.69) is 10.2 Å². The lowest BCUT2D eigenvalue weighted by molar-refractivity contribution is 0.203. The lowest BCUT2D eigenvalue weighted by Gasteiger charge is -2.07. The molecule has 0 unspecified atom stereocenters. The van der Waals surface area contributed by atoms with Crippen molar-refractivity contribution in [1.29, 1.82) is 0 Å². The molecule has 0 aromatic carbocycles. The quantitative estimate of drug-likeness (QED) is 0.599. The molecule has 0 aliphatic heterocycles. The van der Waals surface area contributed by atoms with E-state index < -0.39 is 6.09 Å². The van der Waals surface area contributed by atoms with Crippen molar-refractivity contribution in [3.63, 3.8) is 0 Å². The van der Waals surface area contributed by atoms with E-state index in [9.17, 15) is 4.79 Å². The van der Waals surface area contributed by atoms with Crippen molar-refractivity contribution < 1.29 is 9.90 Å². The number of carbonyl (C=O) groups is 1. The fraction of sp³-hybridized carbons (Fsp3) is 0.200. The first-order chi connectivity index (χ1) is 4.72. The van der Waals surface area contributed by atoms with Crippen molar-refractivity contribution in [2.75, 3.05) is 11.9 Å². The van der Waals surface area contributed by atoms with Gasteiger partial charge in [-0.2, -0.15) is 5.10 Å². The van der Waals surface area contributed by atoms with Crippen molar-refractivity contribution in [2.24, 2.45) is 0 Å². The highest BCUT2D eigenvalue weighted by atomic mass is 16.4. The zero-order chi connectivity index (χ0) is 7.56. The molecule has 2 N–H and O–H groups in total. The topological polar surface area (TPSA) is 69.2 Å². The molecule has 0 saturated heterocycles. The summed E-state index contributed by atoms with van der Waals surface area (Å²) in [6.07, 6.45) is 1.95. The van der Waals surface area contributed by atoms with Crippen LogP contribution in [0.2, 0.25) is 0 Å². The molecule has 10 heavy (non-hydrogen) atoms. The smallest absolute Gasteiger partial charge is 0.411 e. The Morgan fingerprint density at radius 3 is 3.00 bits per heavy atom. The number of hydrogen-bond acceptors (Lipinski definition) is 2. The van der Waals surface area contributed by atoms with E-state index in [1.165, 1.54) is 19.4 Å². The Balaban J connectivity index is 2.77. The van der Waals surface area contributed by atoms with Crippen LogP contribution in [0.4, 0.5) is 10.5 Å². The molecule has 5 heteroatoms. The van der Waals surface area contributed by atoms with Crippen molar-refractivity contribution in [3.8, 4) is 0 Å².